The molecule has 3 aromatic rings. The van der Waals surface area contributed by atoms with Crippen LogP contribution in [0.2, 0.25) is 0 Å². The van der Waals surface area contributed by atoms with Crippen molar-refractivity contribution >= 4 is 23.2 Å². The number of hydrogen-bond acceptors (Lipinski definition) is 5. The number of carbonyl (C=O) groups is 3. The molecule has 0 radical (unpaired) electrons. The molecule has 0 saturated carbocycles. The van der Waals surface area contributed by atoms with Gasteiger partial charge >= 0.3 is 0 Å². The number of fused-ring (bicyclic) bond motifs is 5. The number of aromatic nitrogens is 1. The van der Waals surface area contributed by atoms with E-state index in [1.807, 2.05) is 48.8 Å². The second-order valence-corrected chi connectivity index (χ2v) is 8.93. The lowest BCUT2D eigenvalue weighted by atomic mass is 9.83. The summed E-state index contributed by atoms with van der Waals surface area (Å²) in [7, 11) is 3.78. The Hall–Kier alpha value is -3.71. The molecule has 1 N–H and O–H groups in total. The molecule has 168 valence electrons. The molecule has 7 nitrogen and oxygen atoms in total. The van der Waals surface area contributed by atoms with Gasteiger partial charge in [-0.15, -0.1) is 0 Å². The van der Waals surface area contributed by atoms with Gasteiger partial charge in [-0.2, -0.15) is 0 Å². The van der Waals surface area contributed by atoms with Crippen LogP contribution in [0.5, 0.6) is 0 Å². The lowest BCUT2D eigenvalue weighted by molar-refractivity contribution is -0.119. The fourth-order valence-electron chi connectivity index (χ4n) is 4.80. The number of benzene rings is 2. The summed E-state index contributed by atoms with van der Waals surface area (Å²) >= 11 is 0. The van der Waals surface area contributed by atoms with Crippen molar-refractivity contribution in [2.24, 2.45) is 0 Å². The quantitative estimate of drug-likeness (QED) is 0.342. The van der Waals surface area contributed by atoms with E-state index in [-0.39, 0.29) is 23.6 Å². The number of amides is 1. The summed E-state index contributed by atoms with van der Waals surface area (Å²) in [6.45, 7) is 3.99. The molecule has 1 aliphatic heterocycles. The normalized spacial score (nSPS) is 14.8. The third-order valence-electron chi connectivity index (χ3n) is 6.65. The Kier molecular flexibility index (Phi) is 4.94. The van der Waals surface area contributed by atoms with Crippen LogP contribution in [0, 0.1) is 0 Å². The van der Waals surface area contributed by atoms with Crippen LogP contribution in [0.25, 0.3) is 0 Å². The summed E-state index contributed by atoms with van der Waals surface area (Å²) in [6, 6.07) is 13.4. The molecule has 33 heavy (non-hydrogen) atoms. The number of ketones is 2. The van der Waals surface area contributed by atoms with Gasteiger partial charge in [-0.05, 0) is 38.2 Å². The van der Waals surface area contributed by atoms with Gasteiger partial charge in [-0.3, -0.25) is 29.7 Å². The van der Waals surface area contributed by atoms with E-state index in [9.17, 15) is 14.4 Å². The second-order valence-electron chi connectivity index (χ2n) is 8.93. The minimum absolute atomic E-state index is 0.160. The van der Waals surface area contributed by atoms with Gasteiger partial charge in [0, 0.05) is 37.3 Å². The molecule has 1 atom stereocenters. The Morgan fingerprint density at radius 2 is 1.70 bits per heavy atom. The number of nitrogens with one attached hydrogen (secondary N) is 1. The first kappa shape index (κ1) is 21.2. The number of rotatable bonds is 4. The van der Waals surface area contributed by atoms with Crippen LogP contribution in [0.3, 0.4) is 0 Å². The summed E-state index contributed by atoms with van der Waals surface area (Å²) in [5.74, 6) is -0.591. The summed E-state index contributed by atoms with van der Waals surface area (Å²) in [5.41, 5.74) is 8.25. The highest BCUT2D eigenvalue weighted by Crippen LogP contribution is 2.38. The topological polar surface area (TPSA) is 74.6 Å². The Morgan fingerprint density at radius 3 is 2.39 bits per heavy atom. The maximum Gasteiger partial charge on any atom is 0.235 e. The predicted molar refractivity (Wildman–Crippen MR) is 126 cm³/mol. The molecule has 7 heteroatoms. The molecular weight excluding hydrogens is 416 g/mol. The molecule has 1 aliphatic carbocycles. The average Bonchev–Trinajstić information content (AvgIpc) is 3.17. The van der Waals surface area contributed by atoms with Crippen LogP contribution in [0.1, 0.15) is 62.5 Å². The Balaban J connectivity index is 1.66. The molecule has 0 spiro atoms. The molecule has 1 unspecified atom stereocenters. The largest absolute Gasteiger partial charge is 0.345 e. The fourth-order valence-corrected chi connectivity index (χ4v) is 4.80. The van der Waals surface area contributed by atoms with Crippen LogP contribution < -0.4 is 10.4 Å². The van der Waals surface area contributed by atoms with Crippen LogP contribution in [0.4, 0.5) is 5.69 Å². The van der Waals surface area contributed by atoms with Gasteiger partial charge in [-0.25, -0.2) is 0 Å². The van der Waals surface area contributed by atoms with Gasteiger partial charge in [0.15, 0.2) is 11.6 Å². The lowest BCUT2D eigenvalue weighted by Gasteiger charge is -2.36. The SMILES string of the molecule is CC(=O)NN(c1cccc2c1C(=O)c1c(cn3c1Cc1ccccc1C3)C2=O)C(C)N(C)C. The minimum Gasteiger partial charge on any atom is -0.345 e. The Morgan fingerprint density at radius 1 is 0.970 bits per heavy atom. The molecule has 2 aliphatic rings. The van der Waals surface area contributed by atoms with E-state index in [0.29, 0.717) is 40.9 Å². The van der Waals surface area contributed by atoms with Gasteiger partial charge in [0.2, 0.25) is 5.91 Å². The van der Waals surface area contributed by atoms with Crippen molar-refractivity contribution < 1.29 is 14.4 Å². The van der Waals surface area contributed by atoms with Crippen LogP contribution in [-0.2, 0) is 17.8 Å². The molecule has 2 aromatic carbocycles. The molecule has 2 heterocycles. The van der Waals surface area contributed by atoms with E-state index in [0.717, 1.165) is 5.69 Å². The standard InChI is InChI=1S/C26H26N4O3/c1-15(31)27-30(16(2)28(3)4)21-11-7-10-19-23(21)26(33)24-20(25(19)32)14-29-13-18-9-6-5-8-17(18)12-22(24)29/h5-11,14,16H,12-13H2,1-4H3,(H,27,31). The molecule has 1 aromatic heterocycles. The summed E-state index contributed by atoms with van der Waals surface area (Å²) in [6.07, 6.45) is 2.18. The van der Waals surface area contributed by atoms with Crippen LogP contribution in [0.15, 0.2) is 48.7 Å². The van der Waals surface area contributed by atoms with E-state index in [1.165, 1.54) is 18.1 Å². The molecule has 0 fully saturated rings. The predicted octanol–water partition coefficient (Wildman–Crippen LogP) is 2.98. The van der Waals surface area contributed by atoms with Gasteiger partial charge in [0.05, 0.1) is 28.5 Å². The van der Waals surface area contributed by atoms with Crippen molar-refractivity contribution in [2.75, 3.05) is 19.1 Å². The highest BCUT2D eigenvalue weighted by atomic mass is 16.2. The minimum atomic E-state index is -0.255. The zero-order chi connectivity index (χ0) is 23.4. The van der Waals surface area contributed by atoms with Gasteiger partial charge in [-0.1, -0.05) is 36.4 Å². The number of nitrogens with zero attached hydrogens (tertiary/aromatic N) is 3. The van der Waals surface area contributed by atoms with Crippen molar-refractivity contribution in [3.8, 4) is 0 Å². The smallest absolute Gasteiger partial charge is 0.235 e. The first-order chi connectivity index (χ1) is 15.8. The molecule has 5 rings (SSSR count). The third-order valence-corrected chi connectivity index (χ3v) is 6.65. The maximum absolute atomic E-state index is 14.0. The zero-order valence-electron chi connectivity index (χ0n) is 19.2. The number of carbonyl (C=O) groups excluding carboxylic acids is 3. The molecule has 0 saturated heterocycles. The van der Waals surface area contributed by atoms with E-state index in [2.05, 4.69) is 17.6 Å². The second kappa shape index (κ2) is 7.71. The van der Waals surface area contributed by atoms with Crippen molar-refractivity contribution in [3.05, 3.63) is 87.7 Å². The van der Waals surface area contributed by atoms with Crippen molar-refractivity contribution in [1.29, 1.82) is 0 Å². The van der Waals surface area contributed by atoms with E-state index < -0.39 is 0 Å². The Bertz CT molecular complexity index is 1320. The first-order valence-electron chi connectivity index (χ1n) is 11.0. The van der Waals surface area contributed by atoms with Crippen LogP contribution >= 0.6 is 0 Å². The van der Waals surface area contributed by atoms with Crippen molar-refractivity contribution in [1.82, 2.24) is 14.9 Å². The van der Waals surface area contributed by atoms with Crippen LogP contribution in [-0.4, -0.2) is 47.2 Å². The highest BCUT2D eigenvalue weighted by Gasteiger charge is 2.38. The Labute approximate surface area is 192 Å². The van der Waals surface area contributed by atoms with E-state index in [4.69, 9.17) is 0 Å². The summed E-state index contributed by atoms with van der Waals surface area (Å²) < 4.78 is 2.03. The van der Waals surface area contributed by atoms with Crippen molar-refractivity contribution in [3.63, 3.8) is 0 Å². The maximum atomic E-state index is 14.0. The molecule has 0 bridgehead atoms. The monoisotopic (exact) mass is 442 g/mol. The first-order valence-corrected chi connectivity index (χ1v) is 11.0. The number of hydrogen-bond donors (Lipinski definition) is 1. The fraction of sp³-hybridized carbons (Fsp3) is 0.269. The van der Waals surface area contributed by atoms with Gasteiger partial charge < -0.3 is 4.57 Å². The van der Waals surface area contributed by atoms with Gasteiger partial charge in [0.1, 0.15) is 0 Å². The molecule has 1 amide bonds. The highest BCUT2D eigenvalue weighted by molar-refractivity contribution is 6.30. The average molecular weight is 443 g/mol. The third kappa shape index (κ3) is 3.27. The van der Waals surface area contributed by atoms with Gasteiger partial charge in [0.25, 0.3) is 0 Å². The van der Waals surface area contributed by atoms with E-state index >= 15 is 0 Å². The number of anilines is 1. The van der Waals surface area contributed by atoms with E-state index in [1.54, 1.807) is 23.2 Å². The molecular formula is C26H26N4O3. The lowest BCUT2D eigenvalue weighted by Crippen LogP contribution is -2.53. The summed E-state index contributed by atoms with van der Waals surface area (Å²) in [4.78, 5) is 41.5. The van der Waals surface area contributed by atoms with Crippen molar-refractivity contribution in [2.45, 2.75) is 33.0 Å². The summed E-state index contributed by atoms with van der Waals surface area (Å²) in [5, 5.41) is 1.66. The zero-order valence-corrected chi connectivity index (χ0v) is 19.2. The number of hydrazine groups is 1.